The van der Waals surface area contributed by atoms with Crippen LogP contribution in [0.5, 0.6) is 5.88 Å². The zero-order valence-electron chi connectivity index (χ0n) is 11.8. The van der Waals surface area contributed by atoms with Crippen LogP contribution in [-0.2, 0) is 16.4 Å². The topological polar surface area (TPSA) is 97.4 Å². The van der Waals surface area contributed by atoms with Gasteiger partial charge in [-0.25, -0.2) is 18.2 Å². The Bertz CT molecular complexity index is 603. The zero-order valence-corrected chi connectivity index (χ0v) is 12.6. The van der Waals surface area contributed by atoms with Gasteiger partial charge in [-0.3, -0.25) is 0 Å². The molecule has 1 saturated heterocycles. The third-order valence-corrected chi connectivity index (χ3v) is 5.20. The molecule has 1 atom stereocenters. The highest BCUT2D eigenvalue weighted by Gasteiger charge is 2.27. The maximum Gasteiger partial charge on any atom is 0.315 e. The summed E-state index contributed by atoms with van der Waals surface area (Å²) in [6.45, 7) is 0.668. The van der Waals surface area contributed by atoms with E-state index in [9.17, 15) is 13.2 Å². The first-order valence-electron chi connectivity index (χ1n) is 6.70. The maximum atomic E-state index is 11.7. The van der Waals surface area contributed by atoms with E-state index >= 15 is 0 Å². The monoisotopic (exact) mass is 313 g/mol. The number of sulfone groups is 1. The van der Waals surface area contributed by atoms with Crippen molar-refractivity contribution in [1.82, 2.24) is 15.6 Å². The minimum Gasteiger partial charge on any atom is -0.481 e. The van der Waals surface area contributed by atoms with E-state index in [0.717, 1.165) is 5.56 Å². The smallest absolute Gasteiger partial charge is 0.315 e. The number of rotatable bonds is 5. The van der Waals surface area contributed by atoms with Crippen molar-refractivity contribution < 1.29 is 17.9 Å². The molecule has 1 aliphatic heterocycles. The van der Waals surface area contributed by atoms with Crippen molar-refractivity contribution in [2.45, 2.75) is 13.0 Å². The van der Waals surface area contributed by atoms with Crippen molar-refractivity contribution in [1.29, 1.82) is 0 Å². The molecule has 2 N–H and O–H groups in total. The molecular weight excluding hydrogens is 294 g/mol. The molecule has 2 heterocycles. The molecule has 116 valence electrons. The van der Waals surface area contributed by atoms with Crippen molar-refractivity contribution in [2.75, 3.05) is 25.2 Å². The molecular formula is C13H19N3O4S. The van der Waals surface area contributed by atoms with E-state index in [1.165, 1.54) is 7.11 Å². The van der Waals surface area contributed by atoms with E-state index < -0.39 is 9.84 Å². The van der Waals surface area contributed by atoms with Crippen molar-refractivity contribution >= 4 is 15.9 Å². The summed E-state index contributed by atoms with van der Waals surface area (Å²) >= 11 is 0. The lowest BCUT2D eigenvalue weighted by molar-refractivity contribution is 0.239. The molecule has 1 fully saturated rings. The van der Waals surface area contributed by atoms with Crippen LogP contribution in [0.25, 0.3) is 0 Å². The summed E-state index contributed by atoms with van der Waals surface area (Å²) in [5.41, 5.74) is 0.776. The molecule has 1 aliphatic rings. The lowest BCUT2D eigenvalue weighted by atomic mass is 10.1. The molecule has 0 spiro atoms. The highest BCUT2D eigenvalue weighted by atomic mass is 32.2. The normalized spacial score (nSPS) is 20.0. The van der Waals surface area contributed by atoms with Gasteiger partial charge in [0.25, 0.3) is 0 Å². The van der Waals surface area contributed by atoms with E-state index in [2.05, 4.69) is 15.6 Å². The first-order valence-corrected chi connectivity index (χ1v) is 8.52. The van der Waals surface area contributed by atoms with Gasteiger partial charge >= 0.3 is 6.03 Å². The van der Waals surface area contributed by atoms with Gasteiger partial charge in [0.05, 0.1) is 18.6 Å². The van der Waals surface area contributed by atoms with Crippen LogP contribution in [-0.4, -0.2) is 44.6 Å². The molecule has 1 aromatic heterocycles. The van der Waals surface area contributed by atoms with Crippen molar-refractivity contribution in [2.24, 2.45) is 5.92 Å². The lowest BCUT2D eigenvalue weighted by Crippen LogP contribution is -2.38. The largest absolute Gasteiger partial charge is 0.481 e. The van der Waals surface area contributed by atoms with Crippen LogP contribution in [0.2, 0.25) is 0 Å². The molecule has 0 aromatic carbocycles. The molecule has 21 heavy (non-hydrogen) atoms. The number of ether oxygens (including phenoxy) is 1. The van der Waals surface area contributed by atoms with Crippen LogP contribution < -0.4 is 15.4 Å². The molecule has 0 aliphatic carbocycles. The van der Waals surface area contributed by atoms with E-state index in [1.54, 1.807) is 12.3 Å². The number of methoxy groups -OCH3 is 1. The second-order valence-corrected chi connectivity index (χ2v) is 7.23. The molecule has 0 bridgehead atoms. The van der Waals surface area contributed by atoms with Gasteiger partial charge in [-0.05, 0) is 18.4 Å². The maximum absolute atomic E-state index is 11.7. The Morgan fingerprint density at radius 3 is 2.95 bits per heavy atom. The van der Waals surface area contributed by atoms with Crippen molar-refractivity contribution in [3.8, 4) is 5.88 Å². The van der Waals surface area contributed by atoms with Crippen LogP contribution in [0.15, 0.2) is 18.3 Å². The van der Waals surface area contributed by atoms with Crippen molar-refractivity contribution in [3.05, 3.63) is 23.9 Å². The standard InChI is InChI=1S/C13H19N3O4S/c1-20-12-11(3-2-5-14-12)8-16-13(17)15-7-10-4-6-21(18,19)9-10/h2-3,5,10H,4,6-9H2,1H3,(H2,15,16,17)/t10-/m0/s1. The minimum absolute atomic E-state index is 0.00804. The van der Waals surface area contributed by atoms with Crippen LogP contribution >= 0.6 is 0 Å². The Hall–Kier alpha value is -1.83. The van der Waals surface area contributed by atoms with E-state index in [0.29, 0.717) is 25.4 Å². The third-order valence-electron chi connectivity index (χ3n) is 3.36. The number of hydrogen-bond acceptors (Lipinski definition) is 5. The Kier molecular flexibility index (Phi) is 5.00. The Morgan fingerprint density at radius 1 is 1.48 bits per heavy atom. The van der Waals surface area contributed by atoms with E-state index in [-0.39, 0.29) is 23.5 Å². The summed E-state index contributed by atoms with van der Waals surface area (Å²) in [6.07, 6.45) is 2.22. The quantitative estimate of drug-likeness (QED) is 0.816. The number of carbonyl (C=O) groups is 1. The summed E-state index contributed by atoms with van der Waals surface area (Å²) in [5, 5.41) is 5.39. The molecule has 1 aromatic rings. The second kappa shape index (κ2) is 6.75. The van der Waals surface area contributed by atoms with E-state index in [1.807, 2.05) is 6.07 Å². The van der Waals surface area contributed by atoms with Crippen LogP contribution in [0.4, 0.5) is 4.79 Å². The highest BCUT2D eigenvalue weighted by molar-refractivity contribution is 7.91. The predicted molar refractivity (Wildman–Crippen MR) is 77.8 cm³/mol. The van der Waals surface area contributed by atoms with Crippen LogP contribution in [0, 0.1) is 5.92 Å². The average Bonchev–Trinajstić information content (AvgIpc) is 2.82. The molecule has 0 radical (unpaired) electrons. The molecule has 0 unspecified atom stereocenters. The predicted octanol–water partition coefficient (Wildman–Crippen LogP) is 0.324. The number of carbonyl (C=O) groups excluding carboxylic acids is 1. The number of nitrogens with one attached hydrogen (secondary N) is 2. The summed E-state index contributed by atoms with van der Waals surface area (Å²) in [4.78, 5) is 15.7. The average molecular weight is 313 g/mol. The number of amides is 2. The number of hydrogen-bond donors (Lipinski definition) is 2. The fourth-order valence-corrected chi connectivity index (χ4v) is 4.11. The number of nitrogens with zero attached hydrogens (tertiary/aromatic N) is 1. The van der Waals surface area contributed by atoms with Gasteiger partial charge in [-0.1, -0.05) is 6.07 Å². The Morgan fingerprint density at radius 2 is 2.29 bits per heavy atom. The van der Waals surface area contributed by atoms with Gasteiger partial charge in [0.2, 0.25) is 5.88 Å². The first-order chi connectivity index (χ1) is 10.00. The fraction of sp³-hybridized carbons (Fsp3) is 0.538. The summed E-state index contributed by atoms with van der Waals surface area (Å²) in [6, 6.07) is 3.25. The van der Waals surface area contributed by atoms with E-state index in [4.69, 9.17) is 4.74 Å². The lowest BCUT2D eigenvalue weighted by Gasteiger charge is -2.12. The second-order valence-electron chi connectivity index (χ2n) is 5.00. The fourth-order valence-electron chi connectivity index (χ4n) is 2.25. The van der Waals surface area contributed by atoms with Gasteiger partial charge in [0.1, 0.15) is 0 Å². The molecule has 2 amide bonds. The van der Waals surface area contributed by atoms with Gasteiger partial charge in [-0.2, -0.15) is 0 Å². The Labute approximate surface area is 124 Å². The SMILES string of the molecule is COc1ncccc1CNC(=O)NC[C@@H]1CCS(=O)(=O)C1. The minimum atomic E-state index is -2.90. The zero-order chi connectivity index (χ0) is 15.3. The summed E-state index contributed by atoms with van der Waals surface area (Å²) < 4.78 is 27.7. The first kappa shape index (κ1) is 15.6. The van der Waals surface area contributed by atoms with Gasteiger partial charge < -0.3 is 15.4 Å². The van der Waals surface area contributed by atoms with Gasteiger partial charge in [0, 0.05) is 24.8 Å². The summed E-state index contributed by atoms with van der Waals surface area (Å²) in [5.74, 6) is 0.853. The molecule has 0 saturated carbocycles. The summed E-state index contributed by atoms with van der Waals surface area (Å²) in [7, 11) is -1.38. The molecule has 7 nitrogen and oxygen atoms in total. The number of aromatic nitrogens is 1. The van der Waals surface area contributed by atoms with Gasteiger partial charge in [0.15, 0.2) is 9.84 Å². The Balaban J connectivity index is 1.75. The van der Waals surface area contributed by atoms with Crippen molar-refractivity contribution in [3.63, 3.8) is 0 Å². The van der Waals surface area contributed by atoms with Crippen LogP contribution in [0.1, 0.15) is 12.0 Å². The molecule has 8 heteroatoms. The van der Waals surface area contributed by atoms with Gasteiger partial charge in [-0.15, -0.1) is 0 Å². The number of urea groups is 1. The highest BCUT2D eigenvalue weighted by Crippen LogP contribution is 2.17. The third kappa shape index (κ3) is 4.59. The van der Waals surface area contributed by atoms with Crippen LogP contribution in [0.3, 0.4) is 0 Å². The molecule has 2 rings (SSSR count). The number of pyridine rings is 1.